The highest BCUT2D eigenvalue weighted by Gasteiger charge is 2.16. The van der Waals surface area contributed by atoms with Gasteiger partial charge in [-0.25, -0.2) is 0 Å². The third-order valence-corrected chi connectivity index (χ3v) is 5.29. The molecular formula is C16H22ClNO2S. The smallest absolute Gasteiger partial charge is 0.179 e. The van der Waals surface area contributed by atoms with Crippen LogP contribution in [0, 0.1) is 5.92 Å². The molecule has 0 atom stereocenters. The third-order valence-electron chi connectivity index (χ3n) is 3.96. The summed E-state index contributed by atoms with van der Waals surface area (Å²) in [5.74, 6) is 4.92. The van der Waals surface area contributed by atoms with Gasteiger partial charge in [-0.3, -0.25) is 0 Å². The molecule has 3 rings (SSSR count). The van der Waals surface area contributed by atoms with Crippen LogP contribution in [0.1, 0.15) is 24.8 Å². The maximum atomic E-state index is 6.31. The first-order chi connectivity index (χ1) is 10.3. The number of halogens is 1. The van der Waals surface area contributed by atoms with E-state index in [1.165, 1.54) is 24.3 Å². The van der Waals surface area contributed by atoms with E-state index >= 15 is 0 Å². The Balaban J connectivity index is 1.57. The zero-order chi connectivity index (χ0) is 14.5. The van der Waals surface area contributed by atoms with Crippen LogP contribution in [0.2, 0.25) is 5.02 Å². The van der Waals surface area contributed by atoms with Crippen molar-refractivity contribution in [2.75, 3.05) is 31.3 Å². The summed E-state index contributed by atoms with van der Waals surface area (Å²) in [7, 11) is 0. The van der Waals surface area contributed by atoms with Crippen LogP contribution in [0.3, 0.4) is 0 Å². The Bertz CT molecular complexity index is 478. The van der Waals surface area contributed by atoms with Crippen molar-refractivity contribution in [2.24, 2.45) is 5.92 Å². The van der Waals surface area contributed by atoms with Gasteiger partial charge in [-0.15, -0.1) is 0 Å². The second kappa shape index (κ2) is 7.61. The molecule has 1 saturated heterocycles. The van der Waals surface area contributed by atoms with Crippen LogP contribution in [0.4, 0.5) is 0 Å². The molecule has 1 fully saturated rings. The normalized spacial score (nSPS) is 19.3. The summed E-state index contributed by atoms with van der Waals surface area (Å²) in [5, 5.41) is 4.21. The van der Waals surface area contributed by atoms with E-state index < -0.39 is 0 Å². The predicted octanol–water partition coefficient (Wildman–Crippen LogP) is 3.73. The third kappa shape index (κ3) is 4.21. The van der Waals surface area contributed by atoms with E-state index in [4.69, 9.17) is 21.1 Å². The highest BCUT2D eigenvalue weighted by molar-refractivity contribution is 7.99. The molecule has 0 aromatic heterocycles. The summed E-state index contributed by atoms with van der Waals surface area (Å²) in [6.45, 7) is 3.29. The average Bonchev–Trinajstić information content (AvgIpc) is 2.74. The largest absolute Gasteiger partial charge is 0.489 e. The Morgan fingerprint density at radius 3 is 2.86 bits per heavy atom. The van der Waals surface area contributed by atoms with Gasteiger partial charge in [-0.05, 0) is 54.5 Å². The van der Waals surface area contributed by atoms with Gasteiger partial charge in [-0.1, -0.05) is 11.6 Å². The number of fused-ring (bicyclic) bond motifs is 1. The molecule has 3 nitrogen and oxygen atoms in total. The molecule has 116 valence electrons. The molecule has 0 aliphatic carbocycles. The molecule has 0 unspecified atom stereocenters. The first-order valence-corrected chi connectivity index (χ1v) is 9.22. The number of ether oxygens (including phenoxy) is 2. The lowest BCUT2D eigenvalue weighted by Gasteiger charge is -2.21. The summed E-state index contributed by atoms with van der Waals surface area (Å²) in [6, 6.07) is 4.04. The minimum atomic E-state index is 0.653. The molecule has 0 spiro atoms. The minimum Gasteiger partial charge on any atom is -0.489 e. The van der Waals surface area contributed by atoms with E-state index in [9.17, 15) is 0 Å². The van der Waals surface area contributed by atoms with Crippen molar-refractivity contribution in [1.82, 2.24) is 5.32 Å². The van der Waals surface area contributed by atoms with E-state index in [1.54, 1.807) is 0 Å². The van der Waals surface area contributed by atoms with Gasteiger partial charge in [0.15, 0.2) is 11.5 Å². The number of hydrogen-bond donors (Lipinski definition) is 1. The van der Waals surface area contributed by atoms with Crippen molar-refractivity contribution >= 4 is 23.4 Å². The van der Waals surface area contributed by atoms with Crippen molar-refractivity contribution in [1.29, 1.82) is 0 Å². The Hall–Kier alpha value is -0.580. The van der Waals surface area contributed by atoms with Crippen LogP contribution < -0.4 is 14.8 Å². The second-order valence-corrected chi connectivity index (χ2v) is 7.27. The highest BCUT2D eigenvalue weighted by Crippen LogP contribution is 2.38. The fourth-order valence-electron chi connectivity index (χ4n) is 2.76. The maximum Gasteiger partial charge on any atom is 0.179 e. The quantitative estimate of drug-likeness (QED) is 0.912. The van der Waals surface area contributed by atoms with E-state index in [2.05, 4.69) is 23.1 Å². The lowest BCUT2D eigenvalue weighted by Crippen LogP contribution is -2.25. The molecule has 1 aromatic carbocycles. The highest BCUT2D eigenvalue weighted by atomic mass is 35.5. The van der Waals surface area contributed by atoms with Gasteiger partial charge in [0.25, 0.3) is 0 Å². The van der Waals surface area contributed by atoms with Gasteiger partial charge in [0.05, 0.1) is 18.2 Å². The monoisotopic (exact) mass is 327 g/mol. The first-order valence-electron chi connectivity index (χ1n) is 7.69. The fraction of sp³-hybridized carbons (Fsp3) is 0.625. The lowest BCUT2D eigenvalue weighted by atomic mass is 10.0. The van der Waals surface area contributed by atoms with Crippen LogP contribution >= 0.6 is 23.4 Å². The standard InChI is InChI=1S/C16H22ClNO2S/c17-14-8-13(9-15-16(14)20-5-1-4-19-15)11-18-10-12-2-6-21-7-3-12/h8-9,12,18H,1-7,10-11H2. The Morgan fingerprint density at radius 1 is 1.19 bits per heavy atom. The number of benzene rings is 1. The number of hydrogen-bond acceptors (Lipinski definition) is 4. The summed E-state index contributed by atoms with van der Waals surface area (Å²) in [6.07, 6.45) is 3.57. The van der Waals surface area contributed by atoms with Crippen molar-refractivity contribution in [3.8, 4) is 11.5 Å². The van der Waals surface area contributed by atoms with Crippen LogP contribution in [-0.4, -0.2) is 31.3 Å². The average molecular weight is 328 g/mol. The fourth-order valence-corrected chi connectivity index (χ4v) is 4.25. The summed E-state index contributed by atoms with van der Waals surface area (Å²) in [4.78, 5) is 0. The zero-order valence-corrected chi connectivity index (χ0v) is 13.8. The molecule has 1 aromatic rings. The molecular weight excluding hydrogens is 306 g/mol. The van der Waals surface area contributed by atoms with Crippen LogP contribution in [0.25, 0.3) is 0 Å². The molecule has 2 heterocycles. The van der Waals surface area contributed by atoms with Crippen LogP contribution in [0.5, 0.6) is 11.5 Å². The molecule has 0 bridgehead atoms. The summed E-state index contributed by atoms with van der Waals surface area (Å²) in [5.41, 5.74) is 1.16. The summed E-state index contributed by atoms with van der Waals surface area (Å²) >= 11 is 8.38. The minimum absolute atomic E-state index is 0.653. The SMILES string of the molecule is Clc1cc(CNCC2CCSCC2)cc2c1OCCCO2. The number of rotatable bonds is 4. The Labute approximate surface area is 135 Å². The van der Waals surface area contributed by atoms with E-state index in [0.29, 0.717) is 24.0 Å². The second-order valence-electron chi connectivity index (χ2n) is 5.64. The van der Waals surface area contributed by atoms with Crippen LogP contribution in [0.15, 0.2) is 12.1 Å². The number of thioether (sulfide) groups is 1. The first kappa shape index (κ1) is 15.3. The van der Waals surface area contributed by atoms with E-state index in [-0.39, 0.29) is 0 Å². The Morgan fingerprint density at radius 2 is 2.00 bits per heavy atom. The summed E-state index contributed by atoms with van der Waals surface area (Å²) < 4.78 is 11.4. The molecule has 0 amide bonds. The van der Waals surface area contributed by atoms with Gasteiger partial charge >= 0.3 is 0 Å². The number of nitrogens with one attached hydrogen (secondary N) is 1. The lowest BCUT2D eigenvalue weighted by molar-refractivity contribution is 0.297. The molecule has 0 saturated carbocycles. The van der Waals surface area contributed by atoms with Gasteiger partial charge < -0.3 is 14.8 Å². The van der Waals surface area contributed by atoms with E-state index in [1.807, 2.05) is 6.07 Å². The van der Waals surface area contributed by atoms with Crippen molar-refractivity contribution < 1.29 is 9.47 Å². The predicted molar refractivity (Wildman–Crippen MR) is 88.8 cm³/mol. The molecule has 2 aliphatic rings. The van der Waals surface area contributed by atoms with Crippen LogP contribution in [-0.2, 0) is 6.54 Å². The van der Waals surface area contributed by atoms with Crippen molar-refractivity contribution in [3.05, 3.63) is 22.7 Å². The molecule has 5 heteroatoms. The maximum absolute atomic E-state index is 6.31. The molecule has 21 heavy (non-hydrogen) atoms. The molecule has 0 radical (unpaired) electrons. The Kier molecular flexibility index (Phi) is 5.55. The van der Waals surface area contributed by atoms with Gasteiger partial charge in [0.2, 0.25) is 0 Å². The van der Waals surface area contributed by atoms with Gasteiger partial charge in [0.1, 0.15) is 0 Å². The van der Waals surface area contributed by atoms with Gasteiger partial charge in [0, 0.05) is 13.0 Å². The topological polar surface area (TPSA) is 30.5 Å². The van der Waals surface area contributed by atoms with E-state index in [0.717, 1.165) is 36.7 Å². The zero-order valence-electron chi connectivity index (χ0n) is 12.2. The van der Waals surface area contributed by atoms with Crippen molar-refractivity contribution in [3.63, 3.8) is 0 Å². The van der Waals surface area contributed by atoms with Gasteiger partial charge in [-0.2, -0.15) is 11.8 Å². The molecule has 2 aliphatic heterocycles. The molecule has 1 N–H and O–H groups in total. The van der Waals surface area contributed by atoms with Crippen molar-refractivity contribution in [2.45, 2.75) is 25.8 Å².